The van der Waals surface area contributed by atoms with E-state index in [0.29, 0.717) is 6.01 Å². The summed E-state index contributed by atoms with van der Waals surface area (Å²) >= 11 is 0. The molecule has 1 heterocycles. The molecular formula is C14H14N2O2. The Morgan fingerprint density at radius 2 is 1.83 bits per heavy atom. The molecule has 0 unspecified atom stereocenters. The molecule has 1 aromatic carbocycles. The lowest BCUT2D eigenvalue weighted by Gasteiger charge is -2.06. The van der Waals surface area contributed by atoms with Crippen molar-refractivity contribution in [3.63, 3.8) is 0 Å². The fourth-order valence-electron chi connectivity index (χ4n) is 1.75. The Kier molecular flexibility index (Phi) is 3.37. The molecule has 0 saturated heterocycles. The molecule has 0 spiro atoms. The molecule has 0 aliphatic heterocycles. The number of aromatic nitrogens is 2. The van der Waals surface area contributed by atoms with E-state index in [9.17, 15) is 4.79 Å². The highest BCUT2D eigenvalue weighted by Crippen LogP contribution is 2.22. The van der Waals surface area contributed by atoms with E-state index in [1.807, 2.05) is 25.1 Å². The van der Waals surface area contributed by atoms with Crippen LogP contribution in [0.3, 0.4) is 0 Å². The van der Waals surface area contributed by atoms with Gasteiger partial charge in [-0.1, -0.05) is 12.1 Å². The molecule has 4 heteroatoms. The highest BCUT2D eigenvalue weighted by molar-refractivity contribution is 5.96. The van der Waals surface area contributed by atoms with Gasteiger partial charge in [-0.25, -0.2) is 9.97 Å². The summed E-state index contributed by atoms with van der Waals surface area (Å²) in [4.78, 5) is 19.6. The third-order valence-corrected chi connectivity index (χ3v) is 2.76. The van der Waals surface area contributed by atoms with E-state index in [-0.39, 0.29) is 5.78 Å². The molecule has 4 nitrogen and oxygen atoms in total. The second-order valence-electron chi connectivity index (χ2n) is 4.04. The topological polar surface area (TPSA) is 52.1 Å². The van der Waals surface area contributed by atoms with Gasteiger partial charge in [0.15, 0.2) is 5.78 Å². The van der Waals surface area contributed by atoms with Crippen molar-refractivity contribution in [1.82, 2.24) is 9.97 Å². The van der Waals surface area contributed by atoms with Crippen LogP contribution in [-0.2, 0) is 0 Å². The first kappa shape index (κ1) is 12.2. The SMILES string of the molecule is COc1ncc(-c2ccc(C)c(C(C)=O)c2)cn1. The van der Waals surface area contributed by atoms with Gasteiger partial charge in [-0.05, 0) is 31.0 Å². The second-order valence-corrected chi connectivity index (χ2v) is 4.04. The Morgan fingerprint density at radius 3 is 2.39 bits per heavy atom. The maximum absolute atomic E-state index is 11.5. The number of aryl methyl sites for hydroxylation is 1. The normalized spacial score (nSPS) is 10.2. The van der Waals surface area contributed by atoms with Crippen molar-refractivity contribution in [1.29, 1.82) is 0 Å². The van der Waals surface area contributed by atoms with E-state index in [1.54, 1.807) is 19.3 Å². The third kappa shape index (κ3) is 2.37. The van der Waals surface area contributed by atoms with E-state index in [4.69, 9.17) is 4.74 Å². The minimum absolute atomic E-state index is 0.0591. The highest BCUT2D eigenvalue weighted by Gasteiger charge is 2.07. The molecule has 0 aliphatic carbocycles. The van der Waals surface area contributed by atoms with Crippen LogP contribution in [0.5, 0.6) is 6.01 Å². The number of ketones is 1. The standard InChI is InChI=1S/C14H14N2O2/c1-9-4-5-11(6-13(9)10(2)17)12-7-15-14(18-3)16-8-12/h4-8H,1-3H3. The minimum Gasteiger partial charge on any atom is -0.467 e. The predicted octanol–water partition coefficient (Wildman–Crippen LogP) is 2.66. The van der Waals surface area contributed by atoms with Gasteiger partial charge in [0.1, 0.15) is 0 Å². The second kappa shape index (κ2) is 4.96. The van der Waals surface area contributed by atoms with Crippen molar-refractivity contribution >= 4 is 5.78 Å². The van der Waals surface area contributed by atoms with Crippen LogP contribution in [0, 0.1) is 6.92 Å². The van der Waals surface area contributed by atoms with Crippen molar-refractivity contribution in [2.24, 2.45) is 0 Å². The zero-order valence-corrected chi connectivity index (χ0v) is 10.6. The molecule has 0 saturated carbocycles. The molecular weight excluding hydrogens is 228 g/mol. The summed E-state index contributed by atoms with van der Waals surface area (Å²) in [5.41, 5.74) is 3.48. The van der Waals surface area contributed by atoms with Gasteiger partial charge >= 0.3 is 6.01 Å². The average Bonchev–Trinajstić information content (AvgIpc) is 2.39. The number of nitrogens with zero attached hydrogens (tertiary/aromatic N) is 2. The number of ether oxygens (including phenoxy) is 1. The van der Waals surface area contributed by atoms with Crippen molar-refractivity contribution in [2.45, 2.75) is 13.8 Å². The van der Waals surface area contributed by atoms with Crippen LogP contribution in [0.25, 0.3) is 11.1 Å². The Morgan fingerprint density at radius 1 is 1.17 bits per heavy atom. The quantitative estimate of drug-likeness (QED) is 0.776. The smallest absolute Gasteiger partial charge is 0.316 e. The summed E-state index contributed by atoms with van der Waals surface area (Å²) < 4.78 is 4.91. The van der Waals surface area contributed by atoms with E-state index >= 15 is 0 Å². The van der Waals surface area contributed by atoms with Gasteiger partial charge in [0.2, 0.25) is 0 Å². The number of benzene rings is 1. The maximum atomic E-state index is 11.5. The lowest BCUT2D eigenvalue weighted by Crippen LogP contribution is -1.97. The summed E-state index contributed by atoms with van der Waals surface area (Å²) in [6.07, 6.45) is 3.36. The van der Waals surface area contributed by atoms with Crippen LogP contribution in [-0.4, -0.2) is 22.9 Å². The molecule has 0 N–H and O–H groups in total. The Balaban J connectivity index is 2.44. The van der Waals surface area contributed by atoms with E-state index in [1.165, 1.54) is 7.11 Å². The van der Waals surface area contributed by atoms with Crippen LogP contribution in [0.2, 0.25) is 0 Å². The first-order valence-corrected chi connectivity index (χ1v) is 5.60. The van der Waals surface area contributed by atoms with Crippen molar-refractivity contribution in [3.05, 3.63) is 41.7 Å². The molecule has 0 fully saturated rings. The van der Waals surface area contributed by atoms with Crippen molar-refractivity contribution in [3.8, 4) is 17.1 Å². The molecule has 18 heavy (non-hydrogen) atoms. The molecule has 2 rings (SSSR count). The number of rotatable bonds is 3. The van der Waals surface area contributed by atoms with Crippen LogP contribution >= 0.6 is 0 Å². The Hall–Kier alpha value is -2.23. The van der Waals surface area contributed by atoms with Gasteiger partial charge < -0.3 is 4.74 Å². The largest absolute Gasteiger partial charge is 0.467 e. The molecule has 92 valence electrons. The van der Waals surface area contributed by atoms with E-state index in [2.05, 4.69) is 9.97 Å². The number of hydrogen-bond donors (Lipinski definition) is 0. The monoisotopic (exact) mass is 242 g/mol. The first-order chi connectivity index (χ1) is 8.61. The molecule has 0 atom stereocenters. The predicted molar refractivity (Wildman–Crippen MR) is 68.8 cm³/mol. The van der Waals surface area contributed by atoms with Gasteiger partial charge in [-0.15, -0.1) is 0 Å². The fourth-order valence-corrected chi connectivity index (χ4v) is 1.75. The van der Waals surface area contributed by atoms with E-state index < -0.39 is 0 Å². The van der Waals surface area contributed by atoms with Gasteiger partial charge in [0.25, 0.3) is 0 Å². The van der Waals surface area contributed by atoms with Gasteiger partial charge in [-0.3, -0.25) is 4.79 Å². The van der Waals surface area contributed by atoms with Crippen molar-refractivity contribution in [2.75, 3.05) is 7.11 Å². The lowest BCUT2D eigenvalue weighted by atomic mass is 9.99. The first-order valence-electron chi connectivity index (χ1n) is 5.60. The van der Waals surface area contributed by atoms with E-state index in [0.717, 1.165) is 22.3 Å². The third-order valence-electron chi connectivity index (χ3n) is 2.76. The zero-order chi connectivity index (χ0) is 13.1. The summed E-state index contributed by atoms with van der Waals surface area (Å²) in [6, 6.07) is 6.07. The number of Topliss-reactive ketones (excluding diaryl/α,β-unsaturated/α-hetero) is 1. The summed E-state index contributed by atoms with van der Waals surface area (Å²) in [5, 5.41) is 0. The summed E-state index contributed by atoms with van der Waals surface area (Å²) in [6.45, 7) is 3.49. The Labute approximate surface area is 106 Å². The zero-order valence-electron chi connectivity index (χ0n) is 10.6. The number of carbonyl (C=O) groups is 1. The molecule has 0 amide bonds. The fraction of sp³-hybridized carbons (Fsp3) is 0.214. The molecule has 0 radical (unpaired) electrons. The average molecular weight is 242 g/mol. The van der Waals surface area contributed by atoms with Crippen LogP contribution in [0.1, 0.15) is 22.8 Å². The minimum atomic E-state index is 0.0591. The number of hydrogen-bond acceptors (Lipinski definition) is 4. The van der Waals surface area contributed by atoms with Crippen LogP contribution in [0.15, 0.2) is 30.6 Å². The molecule has 0 aliphatic rings. The number of methoxy groups -OCH3 is 1. The summed E-state index contributed by atoms with van der Waals surface area (Å²) in [7, 11) is 1.52. The maximum Gasteiger partial charge on any atom is 0.316 e. The molecule has 0 bridgehead atoms. The number of carbonyl (C=O) groups excluding carboxylic acids is 1. The molecule has 2 aromatic rings. The van der Waals surface area contributed by atoms with Gasteiger partial charge in [0, 0.05) is 23.5 Å². The molecule has 1 aromatic heterocycles. The van der Waals surface area contributed by atoms with Crippen LogP contribution < -0.4 is 4.74 Å². The Bertz CT molecular complexity index is 577. The lowest BCUT2D eigenvalue weighted by molar-refractivity contribution is 0.101. The summed E-state index contributed by atoms with van der Waals surface area (Å²) in [5.74, 6) is 0.0591. The van der Waals surface area contributed by atoms with Gasteiger partial charge in [0.05, 0.1) is 7.11 Å². The van der Waals surface area contributed by atoms with Crippen LogP contribution in [0.4, 0.5) is 0 Å². The van der Waals surface area contributed by atoms with Crippen molar-refractivity contribution < 1.29 is 9.53 Å². The van der Waals surface area contributed by atoms with Gasteiger partial charge in [-0.2, -0.15) is 0 Å². The highest BCUT2D eigenvalue weighted by atomic mass is 16.5.